The van der Waals surface area contributed by atoms with Crippen LogP contribution >= 0.6 is 0 Å². The van der Waals surface area contributed by atoms with Crippen molar-refractivity contribution in [1.29, 1.82) is 0 Å². The van der Waals surface area contributed by atoms with E-state index in [2.05, 4.69) is 28.4 Å². The van der Waals surface area contributed by atoms with Gasteiger partial charge in [0.15, 0.2) is 5.82 Å². The van der Waals surface area contributed by atoms with Crippen LogP contribution in [0.15, 0.2) is 28.8 Å². The fourth-order valence-corrected chi connectivity index (χ4v) is 3.24. The molecule has 0 saturated carbocycles. The summed E-state index contributed by atoms with van der Waals surface area (Å²) in [5.74, 6) is 2.49. The minimum absolute atomic E-state index is 0.0531. The lowest BCUT2D eigenvalue weighted by atomic mass is 9.83. The van der Waals surface area contributed by atoms with Crippen LogP contribution in [0.1, 0.15) is 43.0 Å². The Morgan fingerprint density at radius 2 is 2.24 bits per heavy atom. The summed E-state index contributed by atoms with van der Waals surface area (Å²) in [4.78, 5) is 4.69. The summed E-state index contributed by atoms with van der Waals surface area (Å²) >= 11 is 0. The van der Waals surface area contributed by atoms with Crippen molar-refractivity contribution in [2.75, 3.05) is 19.7 Å². The van der Waals surface area contributed by atoms with Gasteiger partial charge in [0.25, 0.3) is 0 Å². The molecule has 0 amide bonds. The van der Waals surface area contributed by atoms with Crippen LogP contribution in [-0.4, -0.2) is 29.8 Å². The number of ether oxygens (including phenoxy) is 1. The molecular weight excluding hydrogens is 266 g/mol. The Kier molecular flexibility index (Phi) is 2.96. The number of nitrogens with one attached hydrogen (secondary N) is 1. The van der Waals surface area contributed by atoms with Gasteiger partial charge in [-0.3, -0.25) is 0 Å². The third-order valence-electron chi connectivity index (χ3n) is 4.57. The second-order valence-corrected chi connectivity index (χ2v) is 6.20. The van der Waals surface area contributed by atoms with Gasteiger partial charge in [-0.05, 0) is 32.4 Å². The van der Waals surface area contributed by atoms with E-state index < -0.39 is 0 Å². The first-order valence-corrected chi connectivity index (χ1v) is 7.53. The minimum atomic E-state index is -0.0531. The van der Waals surface area contributed by atoms with Crippen molar-refractivity contribution in [3.63, 3.8) is 0 Å². The van der Waals surface area contributed by atoms with Crippen LogP contribution < -0.4 is 10.1 Å². The van der Waals surface area contributed by atoms with Gasteiger partial charge in [0.2, 0.25) is 5.89 Å². The Morgan fingerprint density at radius 3 is 3.10 bits per heavy atom. The summed E-state index contributed by atoms with van der Waals surface area (Å²) in [7, 11) is 0. The lowest BCUT2D eigenvalue weighted by molar-refractivity contribution is 0.244. The Labute approximate surface area is 123 Å². The van der Waals surface area contributed by atoms with E-state index in [1.165, 1.54) is 0 Å². The molecule has 1 fully saturated rings. The van der Waals surface area contributed by atoms with E-state index >= 15 is 0 Å². The van der Waals surface area contributed by atoms with Gasteiger partial charge in [0.1, 0.15) is 12.4 Å². The summed E-state index contributed by atoms with van der Waals surface area (Å²) in [6.45, 7) is 4.75. The van der Waals surface area contributed by atoms with Crippen LogP contribution in [0.3, 0.4) is 0 Å². The maximum absolute atomic E-state index is 5.71. The molecule has 4 rings (SSSR count). The molecule has 0 spiro atoms. The number of rotatable bonds is 2. The highest BCUT2D eigenvalue weighted by Crippen LogP contribution is 2.38. The van der Waals surface area contributed by atoms with Crippen molar-refractivity contribution in [3.8, 4) is 5.75 Å². The molecule has 5 nitrogen and oxygen atoms in total. The number of para-hydroxylation sites is 1. The van der Waals surface area contributed by atoms with Crippen molar-refractivity contribution in [1.82, 2.24) is 15.5 Å². The summed E-state index contributed by atoms with van der Waals surface area (Å²) in [5, 5.41) is 7.64. The van der Waals surface area contributed by atoms with Crippen molar-refractivity contribution in [2.24, 2.45) is 0 Å². The van der Waals surface area contributed by atoms with Gasteiger partial charge in [-0.1, -0.05) is 23.4 Å². The van der Waals surface area contributed by atoms with Gasteiger partial charge in [-0.25, -0.2) is 0 Å². The first-order valence-electron chi connectivity index (χ1n) is 7.53. The third-order valence-corrected chi connectivity index (χ3v) is 4.57. The quantitative estimate of drug-likeness (QED) is 0.917. The monoisotopic (exact) mass is 285 g/mol. The normalized spacial score (nSPS) is 28.1. The molecule has 3 heterocycles. The molecule has 0 aliphatic carbocycles. The summed E-state index contributed by atoms with van der Waals surface area (Å²) in [6.07, 6.45) is 2.23. The highest BCUT2D eigenvalue weighted by molar-refractivity contribution is 5.42. The second-order valence-electron chi connectivity index (χ2n) is 6.20. The summed E-state index contributed by atoms with van der Waals surface area (Å²) in [5.41, 5.74) is 1.10. The first-order chi connectivity index (χ1) is 10.3. The van der Waals surface area contributed by atoms with E-state index in [1.54, 1.807) is 0 Å². The molecule has 5 heteroatoms. The number of piperidine rings is 1. The Bertz CT molecular complexity index is 646. The second kappa shape index (κ2) is 4.84. The zero-order valence-electron chi connectivity index (χ0n) is 12.1. The van der Waals surface area contributed by atoms with E-state index in [0.717, 1.165) is 49.0 Å². The average molecular weight is 285 g/mol. The molecule has 2 aliphatic heterocycles. The highest BCUT2D eigenvalue weighted by atomic mass is 16.5. The van der Waals surface area contributed by atoms with Gasteiger partial charge in [-0.15, -0.1) is 0 Å². The van der Waals surface area contributed by atoms with E-state index in [1.807, 2.05) is 18.2 Å². The molecule has 0 radical (unpaired) electrons. The maximum Gasteiger partial charge on any atom is 0.233 e. The number of nitrogens with zero attached hydrogens (tertiary/aromatic N) is 2. The highest BCUT2D eigenvalue weighted by Gasteiger charge is 2.36. The maximum atomic E-state index is 5.71. The predicted octanol–water partition coefficient (Wildman–Crippen LogP) is 2.24. The van der Waals surface area contributed by atoms with Crippen molar-refractivity contribution in [3.05, 3.63) is 41.5 Å². The smallest absolute Gasteiger partial charge is 0.233 e. The van der Waals surface area contributed by atoms with Crippen LogP contribution in [0.4, 0.5) is 0 Å². The van der Waals surface area contributed by atoms with Crippen LogP contribution in [0.5, 0.6) is 5.75 Å². The van der Waals surface area contributed by atoms with Crippen molar-refractivity contribution in [2.45, 2.75) is 31.1 Å². The fraction of sp³-hybridized carbons (Fsp3) is 0.500. The van der Waals surface area contributed by atoms with E-state index in [9.17, 15) is 0 Å². The average Bonchev–Trinajstić information content (AvgIpc) is 3.15. The molecule has 21 heavy (non-hydrogen) atoms. The molecule has 1 aromatic heterocycles. The fourth-order valence-electron chi connectivity index (χ4n) is 3.24. The van der Waals surface area contributed by atoms with E-state index in [0.29, 0.717) is 6.61 Å². The molecule has 1 N–H and O–H groups in total. The number of hydrogen-bond donors (Lipinski definition) is 1. The molecule has 110 valence electrons. The zero-order valence-corrected chi connectivity index (χ0v) is 12.1. The summed E-state index contributed by atoms with van der Waals surface area (Å²) < 4.78 is 11.3. The lowest BCUT2D eigenvalue weighted by Crippen LogP contribution is -2.41. The first kappa shape index (κ1) is 12.8. The Morgan fingerprint density at radius 1 is 1.33 bits per heavy atom. The van der Waals surface area contributed by atoms with Crippen LogP contribution in [0, 0.1) is 0 Å². The van der Waals surface area contributed by atoms with Gasteiger partial charge >= 0.3 is 0 Å². The van der Waals surface area contributed by atoms with Gasteiger partial charge in [0, 0.05) is 12.1 Å². The zero-order chi connectivity index (χ0) is 14.3. The Balaban J connectivity index is 1.64. The van der Waals surface area contributed by atoms with E-state index in [4.69, 9.17) is 9.26 Å². The van der Waals surface area contributed by atoms with Crippen molar-refractivity contribution < 1.29 is 9.26 Å². The van der Waals surface area contributed by atoms with E-state index in [-0.39, 0.29) is 11.3 Å². The molecule has 0 bridgehead atoms. The van der Waals surface area contributed by atoms with Gasteiger partial charge in [-0.2, -0.15) is 4.98 Å². The molecule has 2 unspecified atom stereocenters. The number of aromatic nitrogens is 2. The van der Waals surface area contributed by atoms with Crippen LogP contribution in [0.25, 0.3) is 0 Å². The topological polar surface area (TPSA) is 60.2 Å². The van der Waals surface area contributed by atoms with Gasteiger partial charge in [0.05, 0.1) is 11.3 Å². The third kappa shape index (κ3) is 2.12. The molecule has 2 atom stereocenters. The Hall–Kier alpha value is -1.88. The van der Waals surface area contributed by atoms with Crippen molar-refractivity contribution >= 4 is 0 Å². The molecule has 1 aromatic carbocycles. The lowest BCUT2D eigenvalue weighted by Gasteiger charge is -2.30. The largest absolute Gasteiger partial charge is 0.492 e. The molecule has 2 aliphatic rings. The van der Waals surface area contributed by atoms with Gasteiger partial charge < -0.3 is 14.6 Å². The SMILES string of the molecule is CC1(c2nc(C3COc4ccccc43)no2)CCCNC1. The number of fused-ring (bicyclic) bond motifs is 1. The summed E-state index contributed by atoms with van der Waals surface area (Å²) in [6, 6.07) is 8.07. The van der Waals surface area contributed by atoms with Crippen LogP contribution in [0.2, 0.25) is 0 Å². The number of benzene rings is 1. The molecular formula is C16H19N3O2. The standard InChI is InChI=1S/C16H19N3O2/c1-16(7-4-8-17-10-16)15-18-14(19-21-15)12-9-20-13-6-3-2-5-11(12)13/h2-3,5-6,12,17H,4,7-10H2,1H3. The number of hydrogen-bond acceptors (Lipinski definition) is 5. The minimum Gasteiger partial charge on any atom is -0.492 e. The van der Waals surface area contributed by atoms with Crippen LogP contribution in [-0.2, 0) is 5.41 Å². The predicted molar refractivity (Wildman–Crippen MR) is 77.5 cm³/mol. The molecule has 1 saturated heterocycles. The molecule has 2 aromatic rings.